The maximum atomic E-state index is 13.8. The molecule has 0 unspecified atom stereocenters. The van der Waals surface area contributed by atoms with Crippen molar-refractivity contribution in [3.05, 3.63) is 70.8 Å². The second-order valence-electron chi connectivity index (χ2n) is 9.21. The average Bonchev–Trinajstić information content (AvgIpc) is 3.03. The van der Waals surface area contributed by atoms with Crippen LogP contribution < -0.4 is 0 Å². The second-order valence-corrected chi connectivity index (χ2v) is 9.21. The fourth-order valence-corrected chi connectivity index (χ4v) is 6.00. The van der Waals surface area contributed by atoms with E-state index in [9.17, 15) is 14.4 Å². The number of esters is 1. The maximum absolute atomic E-state index is 13.8. The van der Waals surface area contributed by atoms with Crippen molar-refractivity contribution >= 4 is 17.8 Å². The van der Waals surface area contributed by atoms with E-state index in [2.05, 4.69) is 24.3 Å². The molecule has 31 heavy (non-hydrogen) atoms. The van der Waals surface area contributed by atoms with Crippen LogP contribution in [0.1, 0.15) is 61.3 Å². The summed E-state index contributed by atoms with van der Waals surface area (Å²) in [5.74, 6) is -2.06. The lowest BCUT2D eigenvalue weighted by Crippen LogP contribution is -2.47. The minimum Gasteiger partial charge on any atom is -0.464 e. The summed E-state index contributed by atoms with van der Waals surface area (Å²) >= 11 is 0. The van der Waals surface area contributed by atoms with Crippen molar-refractivity contribution in [3.63, 3.8) is 0 Å². The van der Waals surface area contributed by atoms with Gasteiger partial charge in [0, 0.05) is 11.8 Å². The predicted molar refractivity (Wildman–Crippen MR) is 115 cm³/mol. The fraction of sp³-hybridized carbons (Fsp3) is 0.423. The van der Waals surface area contributed by atoms with Gasteiger partial charge in [0.1, 0.15) is 6.04 Å². The van der Waals surface area contributed by atoms with Crippen molar-refractivity contribution in [1.29, 1.82) is 0 Å². The summed E-state index contributed by atoms with van der Waals surface area (Å²) in [6.07, 6.45) is 0.408. The number of nitrogens with zero attached hydrogens (tertiary/aromatic N) is 1. The van der Waals surface area contributed by atoms with E-state index in [1.807, 2.05) is 38.1 Å². The van der Waals surface area contributed by atoms with Gasteiger partial charge in [-0.05, 0) is 41.5 Å². The molecule has 160 valence electrons. The topological polar surface area (TPSA) is 63.7 Å². The van der Waals surface area contributed by atoms with Gasteiger partial charge < -0.3 is 4.74 Å². The van der Waals surface area contributed by atoms with E-state index in [0.29, 0.717) is 6.42 Å². The van der Waals surface area contributed by atoms with Crippen LogP contribution in [0, 0.1) is 17.8 Å². The van der Waals surface area contributed by atoms with E-state index in [1.165, 1.54) is 4.90 Å². The van der Waals surface area contributed by atoms with E-state index in [0.717, 1.165) is 22.3 Å². The van der Waals surface area contributed by atoms with Crippen LogP contribution in [0.3, 0.4) is 0 Å². The van der Waals surface area contributed by atoms with Crippen molar-refractivity contribution in [2.45, 2.75) is 45.1 Å². The largest absolute Gasteiger partial charge is 0.464 e. The van der Waals surface area contributed by atoms with Gasteiger partial charge in [0.25, 0.3) is 0 Å². The number of carbonyl (C=O) groups excluding carboxylic acids is 3. The molecule has 2 bridgehead atoms. The number of likely N-dealkylation sites (tertiary alicyclic amines) is 1. The lowest BCUT2D eigenvalue weighted by molar-refractivity contribution is -0.159. The van der Waals surface area contributed by atoms with E-state index < -0.39 is 23.8 Å². The monoisotopic (exact) mass is 417 g/mol. The Hall–Kier alpha value is -2.95. The molecule has 0 aromatic heterocycles. The van der Waals surface area contributed by atoms with E-state index in [-0.39, 0.29) is 36.2 Å². The van der Waals surface area contributed by atoms with E-state index >= 15 is 0 Å². The molecule has 6 rings (SSSR count). The smallest absolute Gasteiger partial charge is 0.329 e. The normalized spacial score (nSPS) is 26.5. The lowest BCUT2D eigenvalue weighted by atomic mass is 9.55. The third kappa shape index (κ3) is 2.79. The van der Waals surface area contributed by atoms with Gasteiger partial charge in [-0.3, -0.25) is 14.5 Å². The molecule has 1 heterocycles. The van der Waals surface area contributed by atoms with Crippen LogP contribution in [-0.2, 0) is 19.1 Å². The quantitative estimate of drug-likeness (QED) is 0.548. The SMILES string of the molecule is CCOC(=O)[C@H](CC(C)C)N1C(=O)[C@@H]2C3c4ccccc4C(c4ccccc43)[C@@H]2C1=O. The first kappa shape index (κ1) is 20.0. The Balaban J connectivity index is 1.64. The summed E-state index contributed by atoms with van der Waals surface area (Å²) in [6.45, 7) is 5.93. The van der Waals surface area contributed by atoms with Crippen molar-refractivity contribution in [3.8, 4) is 0 Å². The molecule has 0 spiro atoms. The molecule has 0 saturated carbocycles. The summed E-state index contributed by atoms with van der Waals surface area (Å²) in [4.78, 5) is 41.6. The van der Waals surface area contributed by atoms with Gasteiger partial charge in [0.05, 0.1) is 18.4 Å². The molecule has 0 N–H and O–H groups in total. The number of imide groups is 1. The molecule has 0 radical (unpaired) electrons. The first-order valence-electron chi connectivity index (χ1n) is 11.2. The molecule has 5 nitrogen and oxygen atoms in total. The molecule has 2 amide bonds. The third-order valence-corrected chi connectivity index (χ3v) is 7.05. The van der Waals surface area contributed by atoms with Crippen LogP contribution >= 0.6 is 0 Å². The van der Waals surface area contributed by atoms with Crippen LogP contribution in [0.4, 0.5) is 0 Å². The summed E-state index contributed by atoms with van der Waals surface area (Å²) < 4.78 is 5.28. The second kappa shape index (κ2) is 7.33. The number of hydrogen-bond donors (Lipinski definition) is 0. The van der Waals surface area contributed by atoms with Gasteiger partial charge in [-0.25, -0.2) is 4.79 Å². The predicted octanol–water partition coefficient (Wildman–Crippen LogP) is 3.86. The summed E-state index contributed by atoms with van der Waals surface area (Å²) in [5, 5.41) is 0. The van der Waals surface area contributed by atoms with Crippen LogP contribution in [0.25, 0.3) is 0 Å². The zero-order chi connectivity index (χ0) is 21.9. The Morgan fingerprint density at radius 3 is 1.65 bits per heavy atom. The molecular formula is C26H27NO4. The summed E-state index contributed by atoms with van der Waals surface area (Å²) in [6, 6.07) is 15.4. The number of ether oxygens (including phenoxy) is 1. The average molecular weight is 418 g/mol. The zero-order valence-electron chi connectivity index (χ0n) is 18.1. The zero-order valence-corrected chi connectivity index (χ0v) is 18.1. The number of carbonyl (C=O) groups is 3. The lowest BCUT2D eigenvalue weighted by Gasteiger charge is -2.45. The Labute approximate surface area is 182 Å². The number of benzene rings is 2. The Bertz CT molecular complexity index is 959. The molecule has 1 aliphatic heterocycles. The van der Waals surface area contributed by atoms with Crippen LogP contribution in [0.15, 0.2) is 48.5 Å². The van der Waals surface area contributed by atoms with E-state index in [4.69, 9.17) is 4.74 Å². The van der Waals surface area contributed by atoms with Gasteiger partial charge in [-0.2, -0.15) is 0 Å². The molecule has 1 saturated heterocycles. The van der Waals surface area contributed by atoms with Crippen LogP contribution in [0.2, 0.25) is 0 Å². The van der Waals surface area contributed by atoms with Crippen LogP contribution in [0.5, 0.6) is 0 Å². The first-order chi connectivity index (χ1) is 15.0. The summed E-state index contributed by atoms with van der Waals surface area (Å²) in [5.41, 5.74) is 4.53. The highest BCUT2D eigenvalue weighted by molar-refractivity contribution is 6.10. The van der Waals surface area contributed by atoms with Gasteiger partial charge in [-0.1, -0.05) is 62.4 Å². The van der Waals surface area contributed by atoms with Crippen molar-refractivity contribution < 1.29 is 19.1 Å². The number of rotatable bonds is 5. The van der Waals surface area contributed by atoms with Gasteiger partial charge in [0.15, 0.2) is 0 Å². The number of amides is 2. The highest BCUT2D eigenvalue weighted by Gasteiger charge is 2.63. The third-order valence-electron chi connectivity index (χ3n) is 7.05. The molecule has 5 heteroatoms. The summed E-state index contributed by atoms with van der Waals surface area (Å²) in [7, 11) is 0. The minimum absolute atomic E-state index is 0.142. The first-order valence-corrected chi connectivity index (χ1v) is 11.2. The molecule has 3 atom stereocenters. The number of hydrogen-bond acceptors (Lipinski definition) is 4. The molecule has 2 aromatic carbocycles. The Morgan fingerprint density at radius 1 is 0.871 bits per heavy atom. The molecular weight excluding hydrogens is 390 g/mol. The van der Waals surface area contributed by atoms with Crippen molar-refractivity contribution in [2.24, 2.45) is 17.8 Å². The van der Waals surface area contributed by atoms with Gasteiger partial charge in [0.2, 0.25) is 11.8 Å². The highest BCUT2D eigenvalue weighted by atomic mass is 16.5. The minimum atomic E-state index is -0.865. The molecule has 2 aromatic rings. The maximum Gasteiger partial charge on any atom is 0.329 e. The molecule has 4 aliphatic rings. The van der Waals surface area contributed by atoms with E-state index in [1.54, 1.807) is 6.92 Å². The van der Waals surface area contributed by atoms with Crippen molar-refractivity contribution in [2.75, 3.05) is 6.61 Å². The Morgan fingerprint density at radius 2 is 1.29 bits per heavy atom. The highest BCUT2D eigenvalue weighted by Crippen LogP contribution is 2.61. The van der Waals surface area contributed by atoms with Crippen LogP contribution in [-0.4, -0.2) is 35.3 Å². The van der Waals surface area contributed by atoms with Gasteiger partial charge >= 0.3 is 5.97 Å². The Kier molecular flexibility index (Phi) is 4.72. The fourth-order valence-electron chi connectivity index (χ4n) is 6.00. The standard InChI is InChI=1S/C26H27NO4/c1-4-31-26(30)19(13-14(2)3)27-24(28)22-20-15-9-5-6-10-16(15)21(23(22)25(27)29)18-12-8-7-11-17(18)20/h5-12,14,19-23H,4,13H2,1-3H3/t19-,20?,21?,22-,23+/m0/s1. The molecule has 3 aliphatic carbocycles. The van der Waals surface area contributed by atoms with Crippen molar-refractivity contribution in [1.82, 2.24) is 4.90 Å². The molecule has 1 fully saturated rings. The van der Waals surface area contributed by atoms with Gasteiger partial charge in [-0.15, -0.1) is 0 Å².